The van der Waals surface area contributed by atoms with E-state index in [0.29, 0.717) is 5.25 Å². The summed E-state index contributed by atoms with van der Waals surface area (Å²) in [5.74, 6) is 0. The molecule has 0 saturated heterocycles. The number of thioether (sulfide) groups is 1. The molecule has 0 spiro atoms. The molecule has 1 aromatic rings. The smallest absolute Gasteiger partial charge is 0.100 e. The molecule has 2 aliphatic carbocycles. The Labute approximate surface area is 125 Å². The van der Waals surface area contributed by atoms with Crippen molar-refractivity contribution in [2.75, 3.05) is 0 Å². The average molecular weight is 286 g/mol. The zero-order chi connectivity index (χ0) is 13.8. The van der Waals surface area contributed by atoms with Crippen LogP contribution in [0.3, 0.4) is 0 Å². The van der Waals surface area contributed by atoms with Crippen LogP contribution in [0.2, 0.25) is 0 Å². The van der Waals surface area contributed by atoms with Gasteiger partial charge in [-0.2, -0.15) is 5.26 Å². The third-order valence-electron chi connectivity index (χ3n) is 4.18. The molecule has 106 valence electrons. The van der Waals surface area contributed by atoms with Crippen molar-refractivity contribution in [3.63, 3.8) is 0 Å². The normalized spacial score (nSPS) is 19.8. The van der Waals surface area contributed by atoms with E-state index in [4.69, 9.17) is 0 Å². The third-order valence-corrected chi connectivity index (χ3v) is 5.60. The van der Waals surface area contributed by atoms with E-state index in [1.54, 1.807) is 0 Å². The molecule has 0 bridgehead atoms. The Kier molecular flexibility index (Phi) is 4.65. The van der Waals surface area contributed by atoms with Gasteiger partial charge in [-0.15, -0.1) is 11.8 Å². The second kappa shape index (κ2) is 6.65. The minimum Gasteiger partial charge on any atom is -0.310 e. The predicted octanol–water partition coefficient (Wildman–Crippen LogP) is 4.24. The molecule has 3 rings (SSSR count). The molecular weight excluding hydrogens is 264 g/mol. The van der Waals surface area contributed by atoms with Gasteiger partial charge in [-0.3, -0.25) is 0 Å². The summed E-state index contributed by atoms with van der Waals surface area (Å²) in [7, 11) is 0. The highest BCUT2D eigenvalue weighted by Gasteiger charge is 2.20. The Bertz CT molecular complexity index is 496. The highest BCUT2D eigenvalue weighted by atomic mass is 32.2. The molecule has 0 aliphatic heterocycles. The van der Waals surface area contributed by atoms with Crippen LogP contribution in [0.5, 0.6) is 0 Å². The van der Waals surface area contributed by atoms with Crippen molar-refractivity contribution >= 4 is 11.8 Å². The average Bonchev–Trinajstić information content (AvgIpc) is 3.31. The summed E-state index contributed by atoms with van der Waals surface area (Å²) in [5.41, 5.74) is 2.09. The zero-order valence-corrected chi connectivity index (χ0v) is 12.7. The molecule has 1 aromatic carbocycles. The monoisotopic (exact) mass is 286 g/mol. The van der Waals surface area contributed by atoms with Gasteiger partial charge in [0.25, 0.3) is 0 Å². The number of benzene rings is 1. The maximum Gasteiger partial charge on any atom is 0.100 e. The van der Waals surface area contributed by atoms with Gasteiger partial charge >= 0.3 is 0 Å². The molecule has 2 nitrogen and oxygen atoms in total. The lowest BCUT2D eigenvalue weighted by molar-refractivity contribution is 0.516. The molecule has 0 amide bonds. The van der Waals surface area contributed by atoms with Crippen molar-refractivity contribution in [3.8, 4) is 6.07 Å². The first-order chi connectivity index (χ1) is 9.85. The lowest BCUT2D eigenvalue weighted by atomic mass is 10.0. The van der Waals surface area contributed by atoms with Gasteiger partial charge in [0, 0.05) is 22.7 Å². The van der Waals surface area contributed by atoms with E-state index in [0.717, 1.165) is 18.2 Å². The highest BCUT2D eigenvalue weighted by molar-refractivity contribution is 8.00. The predicted molar refractivity (Wildman–Crippen MR) is 83.7 cm³/mol. The SMILES string of the molecule is N#Cc1cc(CNC2CC2)ccc1SC1CCCCC1. The minimum absolute atomic E-state index is 0.714. The maximum atomic E-state index is 9.38. The van der Waals surface area contributed by atoms with Crippen LogP contribution in [0.25, 0.3) is 0 Å². The van der Waals surface area contributed by atoms with Crippen LogP contribution in [0.1, 0.15) is 56.1 Å². The molecule has 2 aliphatic rings. The van der Waals surface area contributed by atoms with E-state index in [2.05, 4.69) is 29.6 Å². The molecule has 0 radical (unpaired) electrons. The first kappa shape index (κ1) is 14.0. The minimum atomic E-state index is 0.714. The van der Waals surface area contributed by atoms with E-state index in [1.165, 1.54) is 55.4 Å². The van der Waals surface area contributed by atoms with Gasteiger partial charge in [0.15, 0.2) is 0 Å². The van der Waals surface area contributed by atoms with Crippen molar-refractivity contribution < 1.29 is 0 Å². The summed E-state index contributed by atoms with van der Waals surface area (Å²) in [6.45, 7) is 0.897. The number of hydrogen-bond donors (Lipinski definition) is 1. The standard InChI is InChI=1S/C17H22N2S/c18-11-14-10-13(12-19-15-7-8-15)6-9-17(14)20-16-4-2-1-3-5-16/h6,9-10,15-16,19H,1-5,7-8,12H2. The fourth-order valence-electron chi connectivity index (χ4n) is 2.79. The molecule has 0 unspecified atom stereocenters. The van der Waals surface area contributed by atoms with Gasteiger partial charge in [0.1, 0.15) is 6.07 Å². The van der Waals surface area contributed by atoms with E-state index in [-0.39, 0.29) is 0 Å². The zero-order valence-electron chi connectivity index (χ0n) is 11.9. The summed E-state index contributed by atoms with van der Waals surface area (Å²) in [4.78, 5) is 1.18. The third kappa shape index (κ3) is 3.77. The molecule has 2 saturated carbocycles. The Hall–Kier alpha value is -0.980. The van der Waals surface area contributed by atoms with Gasteiger partial charge in [-0.05, 0) is 43.4 Å². The topological polar surface area (TPSA) is 35.8 Å². The molecule has 1 N–H and O–H groups in total. The largest absolute Gasteiger partial charge is 0.310 e. The molecule has 20 heavy (non-hydrogen) atoms. The number of nitrogens with one attached hydrogen (secondary N) is 1. The van der Waals surface area contributed by atoms with Crippen LogP contribution in [-0.2, 0) is 6.54 Å². The van der Waals surface area contributed by atoms with Crippen molar-refractivity contribution in [3.05, 3.63) is 29.3 Å². The van der Waals surface area contributed by atoms with Gasteiger partial charge in [-0.25, -0.2) is 0 Å². The molecule has 0 heterocycles. The summed E-state index contributed by atoms with van der Waals surface area (Å²) < 4.78 is 0. The number of nitriles is 1. The van der Waals surface area contributed by atoms with E-state index in [9.17, 15) is 5.26 Å². The van der Waals surface area contributed by atoms with Crippen LogP contribution >= 0.6 is 11.8 Å². The second-order valence-corrected chi connectivity index (χ2v) is 7.32. The van der Waals surface area contributed by atoms with Crippen LogP contribution in [-0.4, -0.2) is 11.3 Å². The fourth-order valence-corrected chi connectivity index (χ4v) is 4.10. The van der Waals surface area contributed by atoms with Gasteiger partial charge < -0.3 is 5.32 Å². The van der Waals surface area contributed by atoms with Crippen molar-refractivity contribution in [1.29, 1.82) is 5.26 Å². The van der Waals surface area contributed by atoms with Crippen LogP contribution in [0, 0.1) is 11.3 Å². The molecule has 0 atom stereocenters. The van der Waals surface area contributed by atoms with Crippen molar-refractivity contribution in [1.82, 2.24) is 5.32 Å². The lowest BCUT2D eigenvalue weighted by Crippen LogP contribution is -2.15. The second-order valence-electron chi connectivity index (χ2n) is 5.98. The quantitative estimate of drug-likeness (QED) is 0.879. The fraction of sp³-hybridized carbons (Fsp3) is 0.588. The van der Waals surface area contributed by atoms with E-state index in [1.807, 2.05) is 11.8 Å². The van der Waals surface area contributed by atoms with Crippen LogP contribution in [0.4, 0.5) is 0 Å². The molecular formula is C17H22N2S. The molecule has 2 fully saturated rings. The Morgan fingerprint density at radius 2 is 1.95 bits per heavy atom. The maximum absolute atomic E-state index is 9.38. The van der Waals surface area contributed by atoms with E-state index < -0.39 is 0 Å². The number of hydrogen-bond acceptors (Lipinski definition) is 3. The van der Waals surface area contributed by atoms with Crippen molar-refractivity contribution in [2.45, 2.75) is 67.7 Å². The summed E-state index contributed by atoms with van der Waals surface area (Å²) in [6, 6.07) is 9.51. The summed E-state index contributed by atoms with van der Waals surface area (Å²) in [6.07, 6.45) is 9.31. The summed E-state index contributed by atoms with van der Waals surface area (Å²) >= 11 is 1.92. The first-order valence-corrected chi connectivity index (χ1v) is 8.66. The van der Waals surface area contributed by atoms with Crippen LogP contribution < -0.4 is 5.32 Å². The molecule has 3 heteroatoms. The Balaban J connectivity index is 1.65. The van der Waals surface area contributed by atoms with Gasteiger partial charge in [0.05, 0.1) is 5.56 Å². The highest BCUT2D eigenvalue weighted by Crippen LogP contribution is 2.35. The Morgan fingerprint density at radius 1 is 1.15 bits per heavy atom. The molecule has 0 aromatic heterocycles. The number of nitrogens with zero attached hydrogens (tertiary/aromatic N) is 1. The van der Waals surface area contributed by atoms with Gasteiger partial charge in [0.2, 0.25) is 0 Å². The first-order valence-electron chi connectivity index (χ1n) is 7.78. The summed E-state index contributed by atoms with van der Waals surface area (Å²) in [5, 5.41) is 13.6. The Morgan fingerprint density at radius 3 is 2.65 bits per heavy atom. The van der Waals surface area contributed by atoms with Crippen LogP contribution in [0.15, 0.2) is 23.1 Å². The van der Waals surface area contributed by atoms with E-state index >= 15 is 0 Å². The number of rotatable bonds is 5. The van der Waals surface area contributed by atoms with Gasteiger partial charge in [-0.1, -0.05) is 25.3 Å². The lowest BCUT2D eigenvalue weighted by Gasteiger charge is -2.21. The van der Waals surface area contributed by atoms with Crippen molar-refractivity contribution in [2.24, 2.45) is 0 Å².